The minimum Gasteiger partial charge on any atom is -0.480 e. The number of rotatable bonds is 8. The fourth-order valence-electron chi connectivity index (χ4n) is 1.50. The molecule has 0 aromatic carbocycles. The molecule has 0 saturated carbocycles. The predicted octanol–water partition coefficient (Wildman–Crippen LogP) is 0.791. The summed E-state index contributed by atoms with van der Waals surface area (Å²) in [6.07, 6.45) is -0.272. The molecule has 0 unspecified atom stereocenters. The van der Waals surface area contributed by atoms with Crippen LogP contribution in [0.1, 0.15) is 13.8 Å². The Labute approximate surface area is 101 Å². The van der Waals surface area contributed by atoms with Crippen LogP contribution in [-0.2, 0) is 18.4 Å². The van der Waals surface area contributed by atoms with Crippen molar-refractivity contribution in [2.24, 2.45) is 5.92 Å². The van der Waals surface area contributed by atoms with Gasteiger partial charge in [-0.1, -0.05) is 13.8 Å². The molecule has 0 aromatic heterocycles. The molecule has 0 saturated heterocycles. The number of aliphatic hydroxyl groups excluding tert-OH is 1. The topological polar surface area (TPSA) is 96.3 Å². The van der Waals surface area contributed by atoms with Crippen molar-refractivity contribution in [3.05, 3.63) is 0 Å². The molecule has 0 bridgehead atoms. The van der Waals surface area contributed by atoms with E-state index in [-0.39, 0.29) is 12.2 Å². The van der Waals surface area contributed by atoms with E-state index >= 15 is 0 Å². The second-order valence-electron chi connectivity index (χ2n) is 3.87. The molecule has 8 heteroatoms. The molecule has 2 N–H and O–H groups in total. The molecule has 0 radical (unpaired) electrons. The van der Waals surface area contributed by atoms with E-state index in [0.29, 0.717) is 0 Å². The van der Waals surface area contributed by atoms with E-state index in [1.807, 2.05) is 0 Å². The number of carboxylic acids is 1. The van der Waals surface area contributed by atoms with Gasteiger partial charge >= 0.3 is 13.6 Å². The molecular weight excluding hydrogens is 249 g/mol. The zero-order valence-corrected chi connectivity index (χ0v) is 11.4. The fraction of sp³-hybridized carbons (Fsp3) is 0.889. The van der Waals surface area contributed by atoms with Crippen LogP contribution >= 0.6 is 7.60 Å². The second kappa shape index (κ2) is 7.08. The number of hydrogen-bond donors (Lipinski definition) is 2. The first kappa shape index (κ1) is 16.5. The Bertz CT molecular complexity index is 287. The van der Waals surface area contributed by atoms with Crippen molar-refractivity contribution in [3.63, 3.8) is 0 Å². The van der Waals surface area contributed by atoms with Gasteiger partial charge in [0.15, 0.2) is 0 Å². The summed E-state index contributed by atoms with van der Waals surface area (Å²) in [5.74, 6) is -1.34. The van der Waals surface area contributed by atoms with Gasteiger partial charge in [0.05, 0.1) is 6.73 Å². The van der Waals surface area contributed by atoms with Crippen LogP contribution in [0.5, 0.6) is 0 Å². The fourth-order valence-corrected chi connectivity index (χ4v) is 2.59. The summed E-state index contributed by atoms with van der Waals surface area (Å²) in [4.78, 5) is 12.2. The average molecular weight is 269 g/mol. The van der Waals surface area contributed by atoms with Gasteiger partial charge in [0.25, 0.3) is 0 Å². The lowest BCUT2D eigenvalue weighted by Crippen LogP contribution is -2.45. The Morgan fingerprint density at radius 3 is 2.06 bits per heavy atom. The van der Waals surface area contributed by atoms with Gasteiger partial charge in [0.2, 0.25) is 0 Å². The van der Waals surface area contributed by atoms with Crippen LogP contribution in [0.25, 0.3) is 0 Å². The number of hydrogen-bond acceptors (Lipinski definition) is 6. The summed E-state index contributed by atoms with van der Waals surface area (Å²) in [6.45, 7) is 2.86. The van der Waals surface area contributed by atoms with E-state index < -0.39 is 26.3 Å². The number of aliphatic carboxylic acids is 1. The molecule has 0 fully saturated rings. The van der Waals surface area contributed by atoms with Crippen LogP contribution in [0.4, 0.5) is 0 Å². The maximum Gasteiger partial charge on any atom is 0.344 e. The highest BCUT2D eigenvalue weighted by Crippen LogP contribution is 2.47. The van der Waals surface area contributed by atoms with E-state index in [2.05, 4.69) is 0 Å². The van der Waals surface area contributed by atoms with Crippen LogP contribution in [0.3, 0.4) is 0 Å². The zero-order valence-electron chi connectivity index (χ0n) is 10.5. The molecule has 0 rings (SSSR count). The third kappa shape index (κ3) is 4.73. The lowest BCUT2D eigenvalue weighted by atomic mass is 10.0. The monoisotopic (exact) mass is 269 g/mol. The Morgan fingerprint density at radius 1 is 1.35 bits per heavy atom. The van der Waals surface area contributed by atoms with Crippen molar-refractivity contribution >= 4 is 13.6 Å². The van der Waals surface area contributed by atoms with Gasteiger partial charge in [-0.05, 0) is 5.92 Å². The number of aliphatic hydroxyl groups is 1. The highest BCUT2D eigenvalue weighted by atomic mass is 31.2. The molecule has 0 aliphatic carbocycles. The highest BCUT2D eigenvalue weighted by molar-refractivity contribution is 7.53. The van der Waals surface area contributed by atoms with Crippen LogP contribution in [0, 0.1) is 5.92 Å². The standard InChI is InChI=1S/C9H20NO6P/c1-7(2)8(9(12)13)10(5-11)6-17(14,15-3)16-4/h7-8,11H,5-6H2,1-4H3,(H,12,13)/t8-/m1/s1. The molecule has 0 aliphatic heterocycles. The average Bonchev–Trinajstić information content (AvgIpc) is 2.26. The largest absolute Gasteiger partial charge is 0.480 e. The van der Waals surface area contributed by atoms with Crippen LogP contribution in [0.2, 0.25) is 0 Å². The van der Waals surface area contributed by atoms with Crippen molar-refractivity contribution in [2.45, 2.75) is 19.9 Å². The van der Waals surface area contributed by atoms with Crippen molar-refractivity contribution in [3.8, 4) is 0 Å². The molecule has 102 valence electrons. The number of carbonyl (C=O) groups is 1. The van der Waals surface area contributed by atoms with Gasteiger partial charge < -0.3 is 19.3 Å². The molecule has 7 nitrogen and oxygen atoms in total. The summed E-state index contributed by atoms with van der Waals surface area (Å²) in [6, 6.07) is -0.946. The van der Waals surface area contributed by atoms with Gasteiger partial charge in [-0.2, -0.15) is 0 Å². The van der Waals surface area contributed by atoms with E-state index in [1.54, 1.807) is 13.8 Å². The number of nitrogens with zero attached hydrogens (tertiary/aromatic N) is 1. The van der Waals surface area contributed by atoms with Gasteiger partial charge in [0, 0.05) is 14.2 Å². The lowest BCUT2D eigenvalue weighted by molar-refractivity contribution is -0.146. The first-order valence-electron chi connectivity index (χ1n) is 5.09. The molecular formula is C9H20NO6P. The highest BCUT2D eigenvalue weighted by Gasteiger charge is 2.34. The van der Waals surface area contributed by atoms with Crippen LogP contribution < -0.4 is 0 Å². The normalized spacial score (nSPS) is 14.3. The first-order chi connectivity index (χ1) is 7.81. The van der Waals surface area contributed by atoms with Gasteiger partial charge in [0.1, 0.15) is 12.3 Å². The molecule has 0 amide bonds. The van der Waals surface area contributed by atoms with E-state index in [0.717, 1.165) is 4.90 Å². The van der Waals surface area contributed by atoms with E-state index in [1.165, 1.54) is 14.2 Å². The lowest BCUT2D eigenvalue weighted by Gasteiger charge is -2.30. The molecule has 0 heterocycles. The Balaban J connectivity index is 4.93. The predicted molar refractivity (Wildman–Crippen MR) is 61.7 cm³/mol. The summed E-state index contributed by atoms with van der Waals surface area (Å²) in [5.41, 5.74) is 0. The Morgan fingerprint density at radius 2 is 1.82 bits per heavy atom. The quantitative estimate of drug-likeness (QED) is 0.496. The molecule has 17 heavy (non-hydrogen) atoms. The zero-order chi connectivity index (χ0) is 13.6. The van der Waals surface area contributed by atoms with E-state index in [9.17, 15) is 14.5 Å². The van der Waals surface area contributed by atoms with E-state index in [4.69, 9.17) is 14.2 Å². The Kier molecular flexibility index (Phi) is 6.89. The third-order valence-corrected chi connectivity index (χ3v) is 4.19. The minimum absolute atomic E-state index is 0.248. The van der Waals surface area contributed by atoms with Crippen molar-refractivity contribution in [2.75, 3.05) is 27.2 Å². The maximum atomic E-state index is 11.9. The SMILES string of the molecule is COP(=O)(CN(CO)[C@@H](C(=O)O)C(C)C)OC. The minimum atomic E-state index is -3.38. The van der Waals surface area contributed by atoms with Crippen molar-refractivity contribution < 1.29 is 28.6 Å². The maximum absolute atomic E-state index is 11.9. The number of carboxylic acid groups (broad SMARTS) is 1. The summed E-state index contributed by atoms with van der Waals surface area (Å²) >= 11 is 0. The summed E-state index contributed by atoms with van der Waals surface area (Å²) in [7, 11) is -0.958. The first-order valence-corrected chi connectivity index (χ1v) is 6.82. The summed E-state index contributed by atoms with van der Waals surface area (Å²) in [5, 5.41) is 18.2. The van der Waals surface area contributed by atoms with Crippen LogP contribution in [0.15, 0.2) is 0 Å². The molecule has 0 aromatic rings. The van der Waals surface area contributed by atoms with Gasteiger partial charge in [-0.3, -0.25) is 14.3 Å². The Hall–Kier alpha value is -0.460. The van der Waals surface area contributed by atoms with Crippen molar-refractivity contribution in [1.82, 2.24) is 4.90 Å². The smallest absolute Gasteiger partial charge is 0.344 e. The summed E-state index contributed by atoms with van der Waals surface area (Å²) < 4.78 is 21.3. The van der Waals surface area contributed by atoms with Crippen molar-refractivity contribution in [1.29, 1.82) is 0 Å². The molecule has 0 spiro atoms. The second-order valence-corrected chi connectivity index (χ2v) is 6.11. The molecule has 1 atom stereocenters. The third-order valence-electron chi connectivity index (χ3n) is 2.37. The van der Waals surface area contributed by atoms with Crippen LogP contribution in [-0.4, -0.2) is 54.4 Å². The van der Waals surface area contributed by atoms with Gasteiger partial charge in [-0.25, -0.2) is 0 Å². The molecule has 0 aliphatic rings. The van der Waals surface area contributed by atoms with Gasteiger partial charge in [-0.15, -0.1) is 0 Å².